The summed E-state index contributed by atoms with van der Waals surface area (Å²) in [6, 6.07) is 0. The van der Waals surface area contributed by atoms with E-state index in [1.165, 1.54) is 0 Å². The summed E-state index contributed by atoms with van der Waals surface area (Å²) in [5.41, 5.74) is 0. The molecule has 0 fully saturated rings. The van der Waals surface area contributed by atoms with Gasteiger partial charge in [0.1, 0.15) is 12.7 Å². The first-order valence-electron chi connectivity index (χ1n) is 4.23. The maximum atomic E-state index is 12.1. The Bertz CT molecular complexity index is 164. The molecule has 14 heavy (non-hydrogen) atoms. The summed E-state index contributed by atoms with van der Waals surface area (Å²) < 4.78 is 44.8. The second-order valence-corrected chi connectivity index (χ2v) is 2.47. The molecule has 3 nitrogen and oxygen atoms in total. The van der Waals surface area contributed by atoms with Crippen LogP contribution >= 0.6 is 0 Å². The average Bonchev–Trinajstić information content (AvgIpc) is 2.12. The number of carbonyl (C=O) groups excluding carboxylic acids is 1. The van der Waals surface area contributed by atoms with Crippen molar-refractivity contribution in [2.24, 2.45) is 0 Å². The van der Waals surface area contributed by atoms with E-state index in [1.54, 1.807) is 6.92 Å². The van der Waals surface area contributed by atoms with Crippen molar-refractivity contribution in [3.63, 3.8) is 0 Å². The van der Waals surface area contributed by atoms with Crippen LogP contribution in [-0.4, -0.2) is 38.4 Å². The normalized spacial score (nSPS) is 12.9. The Morgan fingerprint density at radius 1 is 1.43 bits per heavy atom. The van der Waals surface area contributed by atoms with Crippen molar-refractivity contribution < 1.29 is 27.4 Å². The third-order valence-corrected chi connectivity index (χ3v) is 1.40. The van der Waals surface area contributed by atoms with E-state index < -0.39 is 38.2 Å². The summed E-state index contributed by atoms with van der Waals surface area (Å²) >= 11 is 0. The fraction of sp³-hybridized carbons (Fsp3) is 0.875. The molecule has 6 heteroatoms. The highest BCUT2D eigenvalue weighted by molar-refractivity contribution is 5.70. The Balaban J connectivity index is 3.75. The van der Waals surface area contributed by atoms with Crippen LogP contribution in [0.4, 0.5) is 13.2 Å². The first-order chi connectivity index (χ1) is 6.61. The van der Waals surface area contributed by atoms with Crippen LogP contribution in [0.1, 0.15) is 13.3 Å². The van der Waals surface area contributed by atoms with Gasteiger partial charge in [0.15, 0.2) is 0 Å². The Morgan fingerprint density at radius 2 is 2.07 bits per heavy atom. The molecule has 0 aliphatic heterocycles. The van der Waals surface area contributed by atoms with Gasteiger partial charge >= 0.3 is 5.97 Å². The number of hydrogen-bond acceptors (Lipinski definition) is 3. The largest absolute Gasteiger partial charge is 0.464 e. The molecule has 0 spiro atoms. The molecule has 0 rings (SSSR count). The molecule has 0 bridgehead atoms. The number of esters is 1. The monoisotopic (exact) mass is 214 g/mol. The molecule has 1 atom stereocenters. The predicted molar refractivity (Wildman–Crippen MR) is 43.0 cm³/mol. The molecule has 1 unspecified atom stereocenters. The lowest BCUT2D eigenvalue weighted by molar-refractivity contribution is -0.154. The zero-order valence-electron chi connectivity index (χ0n) is 7.84. The third kappa shape index (κ3) is 5.80. The number of halogens is 3. The van der Waals surface area contributed by atoms with Crippen molar-refractivity contribution >= 4 is 5.97 Å². The number of carbonyl (C=O) groups is 1. The van der Waals surface area contributed by atoms with Crippen LogP contribution in [0.15, 0.2) is 0 Å². The highest BCUT2D eigenvalue weighted by atomic mass is 19.3. The fourth-order valence-electron chi connectivity index (χ4n) is 0.767. The maximum absolute atomic E-state index is 12.1. The molecular weight excluding hydrogens is 201 g/mol. The molecule has 0 amide bonds. The molecule has 0 radical (unpaired) electrons. The summed E-state index contributed by atoms with van der Waals surface area (Å²) in [4.78, 5) is 10.7. The van der Waals surface area contributed by atoms with Crippen LogP contribution in [-0.2, 0) is 14.3 Å². The number of rotatable bonds is 7. The SMILES string of the molecule is CCOC(=O)COC(CCF)C(F)F. The fourth-order valence-corrected chi connectivity index (χ4v) is 0.767. The summed E-state index contributed by atoms with van der Waals surface area (Å²) in [6.45, 7) is 0.273. The van der Waals surface area contributed by atoms with Crippen molar-refractivity contribution in [2.75, 3.05) is 19.9 Å². The smallest absolute Gasteiger partial charge is 0.332 e. The van der Waals surface area contributed by atoms with Crippen molar-refractivity contribution in [2.45, 2.75) is 25.9 Å². The molecule has 0 N–H and O–H groups in total. The maximum Gasteiger partial charge on any atom is 0.332 e. The van der Waals surface area contributed by atoms with Gasteiger partial charge in [0.2, 0.25) is 0 Å². The first kappa shape index (κ1) is 13.2. The van der Waals surface area contributed by atoms with E-state index in [1.807, 2.05) is 0 Å². The van der Waals surface area contributed by atoms with Crippen LogP contribution in [0.3, 0.4) is 0 Å². The zero-order valence-corrected chi connectivity index (χ0v) is 7.84. The van der Waals surface area contributed by atoms with Gasteiger partial charge in [-0.2, -0.15) is 0 Å². The van der Waals surface area contributed by atoms with E-state index in [0.29, 0.717) is 0 Å². The lowest BCUT2D eigenvalue weighted by Crippen LogP contribution is -2.26. The topological polar surface area (TPSA) is 35.5 Å². The van der Waals surface area contributed by atoms with E-state index in [0.717, 1.165) is 0 Å². The van der Waals surface area contributed by atoms with Crippen LogP contribution in [0.2, 0.25) is 0 Å². The molecule has 0 aliphatic carbocycles. The molecule has 84 valence electrons. The standard InChI is InChI=1S/C8H13F3O3/c1-2-13-7(12)5-14-6(3-4-9)8(10)11/h6,8H,2-5H2,1H3. The van der Waals surface area contributed by atoms with E-state index in [4.69, 9.17) is 0 Å². The third-order valence-electron chi connectivity index (χ3n) is 1.40. The molecule has 0 saturated carbocycles. The second kappa shape index (κ2) is 7.61. The zero-order chi connectivity index (χ0) is 11.0. The lowest BCUT2D eigenvalue weighted by Gasteiger charge is -2.14. The molecule has 0 aromatic heterocycles. The summed E-state index contributed by atoms with van der Waals surface area (Å²) in [7, 11) is 0. The number of alkyl halides is 3. The first-order valence-corrected chi connectivity index (χ1v) is 4.23. The van der Waals surface area contributed by atoms with E-state index in [-0.39, 0.29) is 6.61 Å². The molecular formula is C8H13F3O3. The molecule has 0 aliphatic rings. The average molecular weight is 214 g/mol. The molecule has 0 aromatic rings. The van der Waals surface area contributed by atoms with E-state index in [9.17, 15) is 18.0 Å². The Hall–Kier alpha value is -0.780. The highest BCUT2D eigenvalue weighted by Gasteiger charge is 2.21. The second-order valence-electron chi connectivity index (χ2n) is 2.47. The van der Waals surface area contributed by atoms with Gasteiger partial charge in [0.25, 0.3) is 6.43 Å². The van der Waals surface area contributed by atoms with Crippen molar-refractivity contribution in [3.8, 4) is 0 Å². The Morgan fingerprint density at radius 3 is 2.50 bits per heavy atom. The van der Waals surface area contributed by atoms with Crippen molar-refractivity contribution in [1.82, 2.24) is 0 Å². The van der Waals surface area contributed by atoms with Gasteiger partial charge in [-0.3, -0.25) is 4.39 Å². The lowest BCUT2D eigenvalue weighted by atomic mass is 10.3. The van der Waals surface area contributed by atoms with E-state index in [2.05, 4.69) is 9.47 Å². The van der Waals surface area contributed by atoms with Gasteiger partial charge in [-0.25, -0.2) is 13.6 Å². The quantitative estimate of drug-likeness (QED) is 0.603. The summed E-state index contributed by atoms with van der Waals surface area (Å²) in [5, 5.41) is 0. The van der Waals surface area contributed by atoms with Crippen LogP contribution in [0.5, 0.6) is 0 Å². The molecule has 0 heterocycles. The van der Waals surface area contributed by atoms with Gasteiger partial charge in [-0.1, -0.05) is 0 Å². The van der Waals surface area contributed by atoms with Crippen LogP contribution in [0, 0.1) is 0 Å². The summed E-state index contributed by atoms with van der Waals surface area (Å²) in [6.07, 6.45) is -4.75. The van der Waals surface area contributed by atoms with Gasteiger partial charge in [-0.15, -0.1) is 0 Å². The highest BCUT2D eigenvalue weighted by Crippen LogP contribution is 2.10. The molecule has 0 saturated heterocycles. The number of ether oxygens (including phenoxy) is 2. The Labute approximate surface area is 80.2 Å². The minimum absolute atomic E-state index is 0.157. The van der Waals surface area contributed by atoms with E-state index >= 15 is 0 Å². The van der Waals surface area contributed by atoms with Gasteiger partial charge in [0.05, 0.1) is 13.3 Å². The Kier molecular flexibility index (Phi) is 7.18. The predicted octanol–water partition coefficient (Wildman–Crippen LogP) is 1.56. The number of hydrogen-bond donors (Lipinski definition) is 0. The minimum atomic E-state index is -2.79. The van der Waals surface area contributed by atoms with Gasteiger partial charge < -0.3 is 9.47 Å². The van der Waals surface area contributed by atoms with Crippen LogP contribution < -0.4 is 0 Å². The van der Waals surface area contributed by atoms with Crippen LogP contribution in [0.25, 0.3) is 0 Å². The van der Waals surface area contributed by atoms with Gasteiger partial charge in [-0.05, 0) is 6.92 Å². The minimum Gasteiger partial charge on any atom is -0.464 e. The van der Waals surface area contributed by atoms with Crippen molar-refractivity contribution in [1.29, 1.82) is 0 Å². The molecule has 0 aromatic carbocycles. The summed E-state index contributed by atoms with van der Waals surface area (Å²) in [5.74, 6) is -0.725. The van der Waals surface area contributed by atoms with Crippen molar-refractivity contribution in [3.05, 3.63) is 0 Å². The van der Waals surface area contributed by atoms with Gasteiger partial charge in [0, 0.05) is 6.42 Å².